The molecule has 5 rings (SSSR count). The number of imidazole rings is 1. The molecule has 0 saturated heterocycles. The first-order valence-corrected chi connectivity index (χ1v) is 11.8. The molecular weight excluding hydrogens is 441 g/mol. The van der Waals surface area contributed by atoms with E-state index in [0.29, 0.717) is 25.1 Å². The van der Waals surface area contributed by atoms with E-state index in [1.54, 1.807) is 0 Å². The summed E-state index contributed by atoms with van der Waals surface area (Å²) >= 11 is 0. The molecule has 1 aromatic heterocycles. The number of ether oxygens (including phenoxy) is 1. The number of rotatable bonds is 9. The molecule has 1 amide bonds. The zero-order valence-corrected chi connectivity index (χ0v) is 19.3. The van der Waals surface area contributed by atoms with Gasteiger partial charge in [-0.1, -0.05) is 48.5 Å². The van der Waals surface area contributed by atoms with Gasteiger partial charge in [0.15, 0.2) is 0 Å². The van der Waals surface area contributed by atoms with Gasteiger partial charge in [-0.2, -0.15) is 0 Å². The SMILES string of the molecule is O=C(NCCc1nc2ccccc2n1CCCOc1cccc2ccccc12)c1ccc(F)cc1. The van der Waals surface area contributed by atoms with Crippen molar-refractivity contribution in [1.82, 2.24) is 14.9 Å². The summed E-state index contributed by atoms with van der Waals surface area (Å²) in [6.07, 6.45) is 1.41. The maximum Gasteiger partial charge on any atom is 0.251 e. The molecule has 0 radical (unpaired) electrons. The number of para-hydroxylation sites is 2. The third-order valence-electron chi connectivity index (χ3n) is 6.01. The molecule has 0 saturated carbocycles. The Kier molecular flexibility index (Phi) is 6.70. The van der Waals surface area contributed by atoms with Crippen LogP contribution in [0.25, 0.3) is 21.8 Å². The van der Waals surface area contributed by atoms with Crippen LogP contribution in [0.3, 0.4) is 0 Å². The highest BCUT2D eigenvalue weighted by Gasteiger charge is 2.12. The minimum Gasteiger partial charge on any atom is -0.493 e. The quantitative estimate of drug-likeness (QED) is 0.280. The average Bonchev–Trinajstić information content (AvgIpc) is 3.24. The first-order chi connectivity index (χ1) is 17.2. The minimum absolute atomic E-state index is 0.226. The third kappa shape index (κ3) is 5.17. The molecule has 0 aliphatic rings. The monoisotopic (exact) mass is 467 g/mol. The summed E-state index contributed by atoms with van der Waals surface area (Å²) in [5, 5.41) is 5.18. The number of fused-ring (bicyclic) bond motifs is 2. The molecular formula is C29H26FN3O2. The van der Waals surface area contributed by atoms with E-state index in [0.717, 1.165) is 46.3 Å². The number of aryl methyl sites for hydroxylation is 1. The second-order valence-electron chi connectivity index (χ2n) is 8.36. The number of hydrogen-bond acceptors (Lipinski definition) is 3. The van der Waals surface area contributed by atoms with Crippen molar-refractivity contribution in [1.29, 1.82) is 0 Å². The number of halogens is 1. The molecule has 0 atom stereocenters. The lowest BCUT2D eigenvalue weighted by molar-refractivity contribution is 0.0954. The fourth-order valence-electron chi connectivity index (χ4n) is 4.28. The Morgan fingerprint density at radius 2 is 1.69 bits per heavy atom. The van der Waals surface area contributed by atoms with Gasteiger partial charge in [-0.25, -0.2) is 9.37 Å². The molecule has 176 valence electrons. The zero-order chi connectivity index (χ0) is 24.0. The van der Waals surface area contributed by atoms with Crippen molar-refractivity contribution < 1.29 is 13.9 Å². The van der Waals surface area contributed by atoms with Crippen molar-refractivity contribution in [3.63, 3.8) is 0 Å². The molecule has 0 fully saturated rings. The van der Waals surface area contributed by atoms with E-state index in [1.165, 1.54) is 24.3 Å². The average molecular weight is 468 g/mol. The molecule has 5 aromatic rings. The van der Waals surface area contributed by atoms with E-state index >= 15 is 0 Å². The van der Waals surface area contributed by atoms with E-state index < -0.39 is 0 Å². The van der Waals surface area contributed by atoms with Gasteiger partial charge >= 0.3 is 0 Å². The molecule has 6 heteroatoms. The summed E-state index contributed by atoms with van der Waals surface area (Å²) in [5.41, 5.74) is 2.44. The Balaban J connectivity index is 1.23. The van der Waals surface area contributed by atoms with Crippen LogP contribution >= 0.6 is 0 Å². The molecule has 35 heavy (non-hydrogen) atoms. The number of nitrogens with one attached hydrogen (secondary N) is 1. The maximum absolute atomic E-state index is 13.1. The highest BCUT2D eigenvalue weighted by Crippen LogP contribution is 2.25. The molecule has 5 nitrogen and oxygen atoms in total. The van der Waals surface area contributed by atoms with Crippen LogP contribution in [0.5, 0.6) is 5.75 Å². The number of nitrogens with zero attached hydrogens (tertiary/aromatic N) is 2. The topological polar surface area (TPSA) is 56.2 Å². The van der Waals surface area contributed by atoms with Crippen molar-refractivity contribution in [2.75, 3.05) is 13.2 Å². The smallest absolute Gasteiger partial charge is 0.251 e. The van der Waals surface area contributed by atoms with E-state index in [9.17, 15) is 9.18 Å². The Morgan fingerprint density at radius 3 is 2.57 bits per heavy atom. The summed E-state index contributed by atoms with van der Waals surface area (Å²) in [7, 11) is 0. The predicted molar refractivity (Wildman–Crippen MR) is 136 cm³/mol. The summed E-state index contributed by atoms with van der Waals surface area (Å²) in [4.78, 5) is 17.2. The first-order valence-electron chi connectivity index (χ1n) is 11.8. The van der Waals surface area contributed by atoms with Crippen LogP contribution in [0.2, 0.25) is 0 Å². The molecule has 0 bridgehead atoms. The lowest BCUT2D eigenvalue weighted by Gasteiger charge is -2.12. The standard InChI is InChI=1S/C29H26FN3O2/c30-23-15-13-22(14-16-23)29(34)31-18-17-28-32-25-10-3-4-11-26(25)33(28)19-6-20-35-27-12-5-8-21-7-1-2-9-24(21)27/h1-5,7-16H,6,17-20H2,(H,31,34). The minimum atomic E-state index is -0.361. The Bertz CT molecular complexity index is 1460. The Labute approximate surface area is 203 Å². The molecule has 0 unspecified atom stereocenters. The lowest BCUT2D eigenvalue weighted by Crippen LogP contribution is -2.26. The largest absolute Gasteiger partial charge is 0.493 e. The molecule has 0 aliphatic carbocycles. The Morgan fingerprint density at radius 1 is 0.914 bits per heavy atom. The molecule has 1 N–H and O–H groups in total. The van der Waals surface area contributed by atoms with Gasteiger partial charge in [-0.15, -0.1) is 0 Å². The molecule has 1 heterocycles. The fourth-order valence-corrected chi connectivity index (χ4v) is 4.28. The van der Waals surface area contributed by atoms with Gasteiger partial charge in [0.25, 0.3) is 5.91 Å². The van der Waals surface area contributed by atoms with Gasteiger partial charge in [-0.05, 0) is 54.3 Å². The van der Waals surface area contributed by atoms with E-state index in [-0.39, 0.29) is 11.7 Å². The van der Waals surface area contributed by atoms with Gasteiger partial charge in [0.1, 0.15) is 17.4 Å². The second kappa shape index (κ2) is 10.4. The summed E-state index contributed by atoms with van der Waals surface area (Å²) in [5.74, 6) is 1.22. The Hall–Kier alpha value is -4.19. The summed E-state index contributed by atoms with van der Waals surface area (Å²) in [6.45, 7) is 1.78. The maximum atomic E-state index is 13.1. The van der Waals surface area contributed by atoms with Gasteiger partial charge in [0, 0.05) is 30.5 Å². The van der Waals surface area contributed by atoms with Crippen molar-refractivity contribution >= 4 is 27.7 Å². The fraction of sp³-hybridized carbons (Fsp3) is 0.172. The number of benzene rings is 4. The van der Waals surface area contributed by atoms with E-state index in [1.807, 2.05) is 42.5 Å². The van der Waals surface area contributed by atoms with Crippen LogP contribution in [-0.4, -0.2) is 28.6 Å². The summed E-state index contributed by atoms with van der Waals surface area (Å²) < 4.78 is 21.4. The van der Waals surface area contributed by atoms with Gasteiger partial charge in [0.05, 0.1) is 17.6 Å². The number of aromatic nitrogens is 2. The number of amides is 1. The predicted octanol–water partition coefficient (Wildman–Crippen LogP) is 5.77. The lowest BCUT2D eigenvalue weighted by atomic mass is 10.1. The number of hydrogen-bond donors (Lipinski definition) is 1. The van der Waals surface area contributed by atoms with Crippen molar-refractivity contribution in [2.24, 2.45) is 0 Å². The van der Waals surface area contributed by atoms with Gasteiger partial charge in [-0.3, -0.25) is 4.79 Å². The van der Waals surface area contributed by atoms with Gasteiger partial charge < -0.3 is 14.6 Å². The normalized spacial score (nSPS) is 11.1. The van der Waals surface area contributed by atoms with Crippen LogP contribution in [0.1, 0.15) is 22.6 Å². The molecule has 4 aromatic carbocycles. The number of carbonyl (C=O) groups is 1. The highest BCUT2D eigenvalue weighted by atomic mass is 19.1. The zero-order valence-electron chi connectivity index (χ0n) is 19.3. The van der Waals surface area contributed by atoms with Crippen molar-refractivity contribution in [3.8, 4) is 5.75 Å². The molecule has 0 spiro atoms. The van der Waals surface area contributed by atoms with Crippen LogP contribution in [0.15, 0.2) is 91.0 Å². The number of carbonyl (C=O) groups excluding carboxylic acids is 1. The van der Waals surface area contributed by atoms with Crippen molar-refractivity contribution in [3.05, 3.63) is 108 Å². The van der Waals surface area contributed by atoms with Crippen molar-refractivity contribution in [2.45, 2.75) is 19.4 Å². The molecule has 0 aliphatic heterocycles. The summed E-state index contributed by atoms with van der Waals surface area (Å²) in [6, 6.07) is 27.9. The van der Waals surface area contributed by atoms with Crippen LogP contribution in [0.4, 0.5) is 4.39 Å². The van der Waals surface area contributed by atoms with Crippen LogP contribution in [0, 0.1) is 5.82 Å². The highest BCUT2D eigenvalue weighted by molar-refractivity contribution is 5.94. The van der Waals surface area contributed by atoms with E-state index in [4.69, 9.17) is 9.72 Å². The van der Waals surface area contributed by atoms with Crippen LogP contribution in [-0.2, 0) is 13.0 Å². The first kappa shape index (κ1) is 22.6. The van der Waals surface area contributed by atoms with Gasteiger partial charge in [0.2, 0.25) is 0 Å². The van der Waals surface area contributed by atoms with Crippen LogP contribution < -0.4 is 10.1 Å². The second-order valence-corrected chi connectivity index (χ2v) is 8.36. The third-order valence-corrected chi connectivity index (χ3v) is 6.01. The van der Waals surface area contributed by atoms with E-state index in [2.05, 4.69) is 34.1 Å².